The first-order valence-corrected chi connectivity index (χ1v) is 7.42. The zero-order valence-electron chi connectivity index (χ0n) is 13.5. The Morgan fingerprint density at radius 2 is 1.84 bits per heavy atom. The van der Waals surface area contributed by atoms with Crippen molar-refractivity contribution in [3.05, 3.63) is 57.1 Å². The summed E-state index contributed by atoms with van der Waals surface area (Å²) in [7, 11) is 0. The Hall–Kier alpha value is -2.31. The van der Waals surface area contributed by atoms with Gasteiger partial charge in [0.1, 0.15) is 0 Å². The van der Waals surface area contributed by atoms with Crippen molar-refractivity contribution >= 4 is 52.6 Å². The van der Waals surface area contributed by atoms with Gasteiger partial charge in [0.2, 0.25) is 0 Å². The highest BCUT2D eigenvalue weighted by atomic mass is 35.5. The molecule has 0 saturated carbocycles. The highest BCUT2D eigenvalue weighted by Gasteiger charge is 2.12. The van der Waals surface area contributed by atoms with E-state index < -0.39 is 17.1 Å². The quantitative estimate of drug-likeness (QED) is 0.425. The van der Waals surface area contributed by atoms with Gasteiger partial charge >= 0.3 is 17.1 Å². The van der Waals surface area contributed by atoms with Gasteiger partial charge in [-0.25, -0.2) is 0 Å². The SMILES string of the molecule is CCOC(=O)CCn1c(=O)c(=O)[nH]c2ccc3ccccc3c21.Cl.Cl. The number of rotatable bonds is 4. The number of benzene rings is 2. The monoisotopic (exact) mass is 384 g/mol. The molecule has 0 atom stereocenters. The Balaban J connectivity index is 0.00000156. The zero-order chi connectivity index (χ0) is 16.4. The number of aromatic amines is 1. The molecule has 6 nitrogen and oxygen atoms in total. The molecule has 8 heteroatoms. The number of hydrogen-bond acceptors (Lipinski definition) is 4. The lowest BCUT2D eigenvalue weighted by molar-refractivity contribution is -0.143. The second-order valence-corrected chi connectivity index (χ2v) is 5.15. The summed E-state index contributed by atoms with van der Waals surface area (Å²) in [6, 6.07) is 11.2. The number of hydrogen-bond donors (Lipinski definition) is 1. The Morgan fingerprint density at radius 3 is 2.56 bits per heavy atom. The van der Waals surface area contributed by atoms with E-state index in [9.17, 15) is 14.4 Å². The molecule has 1 heterocycles. The average molecular weight is 385 g/mol. The maximum atomic E-state index is 12.3. The minimum Gasteiger partial charge on any atom is -0.466 e. The number of ether oxygens (including phenoxy) is 1. The molecule has 0 spiro atoms. The number of halogens is 2. The number of esters is 1. The van der Waals surface area contributed by atoms with Gasteiger partial charge in [0, 0.05) is 11.9 Å². The number of H-pyrrole nitrogens is 1. The molecule has 0 aliphatic carbocycles. The molecular formula is C17H18Cl2N2O4. The Labute approximate surface area is 155 Å². The fourth-order valence-electron chi connectivity index (χ4n) is 2.70. The third-order valence-electron chi connectivity index (χ3n) is 3.70. The van der Waals surface area contributed by atoms with Crippen LogP contribution in [0.5, 0.6) is 0 Å². The smallest absolute Gasteiger partial charge is 0.316 e. The van der Waals surface area contributed by atoms with Gasteiger partial charge in [0.25, 0.3) is 0 Å². The summed E-state index contributed by atoms with van der Waals surface area (Å²) < 4.78 is 6.25. The van der Waals surface area contributed by atoms with Gasteiger partial charge in [-0.2, -0.15) is 0 Å². The van der Waals surface area contributed by atoms with Crippen molar-refractivity contribution in [2.45, 2.75) is 19.9 Å². The van der Waals surface area contributed by atoms with Crippen molar-refractivity contribution < 1.29 is 9.53 Å². The van der Waals surface area contributed by atoms with Crippen molar-refractivity contribution in [1.82, 2.24) is 9.55 Å². The van der Waals surface area contributed by atoms with E-state index in [1.807, 2.05) is 30.3 Å². The molecule has 0 radical (unpaired) electrons. The van der Waals surface area contributed by atoms with Crippen LogP contribution in [0.3, 0.4) is 0 Å². The minimum absolute atomic E-state index is 0. The second kappa shape index (κ2) is 8.69. The maximum absolute atomic E-state index is 12.3. The van der Waals surface area contributed by atoms with Gasteiger partial charge in [-0.15, -0.1) is 24.8 Å². The summed E-state index contributed by atoms with van der Waals surface area (Å²) in [4.78, 5) is 38.3. The van der Waals surface area contributed by atoms with Crippen molar-refractivity contribution in [2.24, 2.45) is 0 Å². The number of carbonyl (C=O) groups excluding carboxylic acids is 1. The molecule has 0 aliphatic rings. The zero-order valence-corrected chi connectivity index (χ0v) is 15.1. The van der Waals surface area contributed by atoms with E-state index in [4.69, 9.17) is 4.74 Å². The van der Waals surface area contributed by atoms with Crippen molar-refractivity contribution in [1.29, 1.82) is 0 Å². The summed E-state index contributed by atoms with van der Waals surface area (Å²) in [6.45, 7) is 2.11. The first-order chi connectivity index (χ1) is 11.1. The van der Waals surface area contributed by atoms with Crippen LogP contribution in [0.1, 0.15) is 13.3 Å². The lowest BCUT2D eigenvalue weighted by atomic mass is 10.1. The van der Waals surface area contributed by atoms with E-state index in [1.165, 1.54) is 4.57 Å². The van der Waals surface area contributed by atoms with E-state index in [2.05, 4.69) is 4.98 Å². The van der Waals surface area contributed by atoms with E-state index in [1.54, 1.807) is 13.0 Å². The minimum atomic E-state index is -0.698. The molecule has 0 bridgehead atoms. The Bertz CT molecular complexity index is 1010. The third-order valence-corrected chi connectivity index (χ3v) is 3.70. The fraction of sp³-hybridized carbons (Fsp3) is 0.235. The first-order valence-electron chi connectivity index (χ1n) is 7.42. The van der Waals surface area contributed by atoms with Crippen LogP contribution in [0.2, 0.25) is 0 Å². The summed E-state index contributed by atoms with van der Waals surface area (Å²) in [5, 5.41) is 1.80. The number of aryl methyl sites for hydroxylation is 1. The molecule has 3 aromatic rings. The lowest BCUT2D eigenvalue weighted by Crippen LogP contribution is -2.36. The van der Waals surface area contributed by atoms with Gasteiger partial charge in [0.15, 0.2) is 0 Å². The molecule has 2 aromatic carbocycles. The van der Waals surface area contributed by atoms with Crippen LogP contribution >= 0.6 is 24.8 Å². The molecule has 0 saturated heterocycles. The van der Waals surface area contributed by atoms with Gasteiger partial charge in [0.05, 0.1) is 24.1 Å². The van der Waals surface area contributed by atoms with Gasteiger partial charge in [-0.3, -0.25) is 14.4 Å². The number of fused-ring (bicyclic) bond motifs is 3. The Kier molecular flexibility index (Phi) is 7.21. The van der Waals surface area contributed by atoms with Crippen LogP contribution in [0.15, 0.2) is 46.0 Å². The van der Waals surface area contributed by atoms with E-state index in [0.717, 1.165) is 10.8 Å². The maximum Gasteiger partial charge on any atom is 0.316 e. The largest absolute Gasteiger partial charge is 0.466 e. The van der Waals surface area contributed by atoms with Crippen LogP contribution in [-0.4, -0.2) is 22.1 Å². The normalized spacial score (nSPS) is 10.1. The molecule has 0 fully saturated rings. The molecule has 25 heavy (non-hydrogen) atoms. The van der Waals surface area contributed by atoms with E-state index in [0.29, 0.717) is 11.0 Å². The number of nitrogens with one attached hydrogen (secondary N) is 1. The van der Waals surface area contributed by atoms with Crippen LogP contribution in [0.4, 0.5) is 0 Å². The highest BCUT2D eigenvalue weighted by Crippen LogP contribution is 2.22. The Morgan fingerprint density at radius 1 is 1.12 bits per heavy atom. The molecule has 0 amide bonds. The fourth-order valence-corrected chi connectivity index (χ4v) is 2.70. The molecule has 1 N–H and O–H groups in total. The lowest BCUT2D eigenvalue weighted by Gasteiger charge is -2.11. The van der Waals surface area contributed by atoms with Gasteiger partial charge < -0.3 is 14.3 Å². The van der Waals surface area contributed by atoms with Crippen molar-refractivity contribution in [3.63, 3.8) is 0 Å². The highest BCUT2D eigenvalue weighted by molar-refractivity contribution is 6.04. The van der Waals surface area contributed by atoms with E-state index in [-0.39, 0.29) is 44.4 Å². The van der Waals surface area contributed by atoms with Crippen molar-refractivity contribution in [2.75, 3.05) is 6.61 Å². The van der Waals surface area contributed by atoms with Crippen LogP contribution < -0.4 is 11.1 Å². The average Bonchev–Trinajstić information content (AvgIpc) is 2.55. The molecule has 0 unspecified atom stereocenters. The summed E-state index contributed by atoms with van der Waals surface area (Å²) in [5.74, 6) is -0.395. The van der Waals surface area contributed by atoms with Gasteiger partial charge in [-0.1, -0.05) is 30.3 Å². The summed E-state index contributed by atoms with van der Waals surface area (Å²) in [5.41, 5.74) is -0.177. The number of aromatic nitrogens is 2. The number of carbonyl (C=O) groups is 1. The standard InChI is InChI=1S/C17H16N2O4.2ClH/c1-2-23-14(20)9-10-19-15-12-6-4-3-5-11(12)7-8-13(15)18-16(21)17(19)22;;/h3-8H,2,9-10H2,1H3,(H,18,21);2*1H. The second-order valence-electron chi connectivity index (χ2n) is 5.15. The molecule has 134 valence electrons. The van der Waals surface area contributed by atoms with Crippen LogP contribution in [-0.2, 0) is 16.1 Å². The van der Waals surface area contributed by atoms with E-state index >= 15 is 0 Å². The van der Waals surface area contributed by atoms with Crippen LogP contribution in [0.25, 0.3) is 21.8 Å². The summed E-state index contributed by atoms with van der Waals surface area (Å²) >= 11 is 0. The van der Waals surface area contributed by atoms with Crippen LogP contribution in [0, 0.1) is 0 Å². The first kappa shape index (κ1) is 20.7. The molecule has 1 aromatic heterocycles. The molecular weight excluding hydrogens is 367 g/mol. The topological polar surface area (TPSA) is 81.2 Å². The predicted octanol–water partition coefficient (Wildman–Crippen LogP) is 2.64. The predicted molar refractivity (Wildman–Crippen MR) is 102 cm³/mol. The molecule has 0 aliphatic heterocycles. The van der Waals surface area contributed by atoms with Crippen molar-refractivity contribution in [3.8, 4) is 0 Å². The van der Waals surface area contributed by atoms with Gasteiger partial charge in [-0.05, 0) is 18.4 Å². The third kappa shape index (κ3) is 4.03. The summed E-state index contributed by atoms with van der Waals surface area (Å²) in [6.07, 6.45) is 0.0372. The number of nitrogens with zero attached hydrogens (tertiary/aromatic N) is 1. The molecule has 3 rings (SSSR count).